The first-order valence-electron chi connectivity index (χ1n) is 7.74. The number of carbonyl (C=O) groups is 1. The van der Waals surface area contributed by atoms with Crippen molar-refractivity contribution in [3.8, 4) is 0 Å². The van der Waals surface area contributed by atoms with Gasteiger partial charge in [-0.2, -0.15) is 0 Å². The molecule has 0 atom stereocenters. The predicted octanol–water partition coefficient (Wildman–Crippen LogP) is 1.60. The summed E-state index contributed by atoms with van der Waals surface area (Å²) in [7, 11) is 1.94. The van der Waals surface area contributed by atoms with Gasteiger partial charge in [0.2, 0.25) is 5.95 Å². The number of benzene rings is 1. The summed E-state index contributed by atoms with van der Waals surface area (Å²) in [5, 5.41) is 11.0. The molecule has 1 aromatic carbocycles. The number of aromatic nitrogens is 2. The first-order valence-corrected chi connectivity index (χ1v) is 7.74. The summed E-state index contributed by atoms with van der Waals surface area (Å²) in [6, 6.07) is 4.63. The molecule has 0 saturated carbocycles. The highest BCUT2D eigenvalue weighted by Gasteiger charge is 2.25. The quantitative estimate of drug-likeness (QED) is 0.631. The van der Waals surface area contributed by atoms with Crippen LogP contribution in [0.4, 0.5) is 11.6 Å². The van der Waals surface area contributed by atoms with E-state index in [0.717, 1.165) is 5.95 Å². The van der Waals surface area contributed by atoms with E-state index in [9.17, 15) is 14.9 Å². The third-order valence-electron chi connectivity index (χ3n) is 4.30. The number of carbonyl (C=O) groups excluding carboxylic acids is 1. The molecule has 0 bridgehead atoms. The molecular formula is C16H19N5O3. The van der Waals surface area contributed by atoms with Crippen molar-refractivity contribution >= 4 is 17.5 Å². The third-order valence-corrected chi connectivity index (χ3v) is 4.30. The van der Waals surface area contributed by atoms with Crippen LogP contribution in [0.3, 0.4) is 0 Å². The van der Waals surface area contributed by atoms with E-state index in [1.165, 1.54) is 6.07 Å². The summed E-state index contributed by atoms with van der Waals surface area (Å²) in [5.74, 6) is 0.714. The summed E-state index contributed by atoms with van der Waals surface area (Å²) in [6.45, 7) is 4.16. The number of rotatable bonds is 3. The van der Waals surface area contributed by atoms with Crippen LogP contribution in [-0.2, 0) is 7.05 Å². The molecule has 0 spiro atoms. The lowest BCUT2D eigenvalue weighted by Crippen LogP contribution is -2.49. The van der Waals surface area contributed by atoms with Gasteiger partial charge in [-0.05, 0) is 13.0 Å². The molecule has 1 aromatic heterocycles. The van der Waals surface area contributed by atoms with Crippen molar-refractivity contribution in [2.24, 2.45) is 7.05 Å². The second kappa shape index (κ2) is 6.31. The van der Waals surface area contributed by atoms with Gasteiger partial charge in [-0.25, -0.2) is 4.98 Å². The normalized spacial score (nSPS) is 14.8. The van der Waals surface area contributed by atoms with Crippen LogP contribution in [0.5, 0.6) is 0 Å². The van der Waals surface area contributed by atoms with E-state index in [-0.39, 0.29) is 11.6 Å². The Bertz CT molecular complexity index is 778. The number of anilines is 1. The average molecular weight is 329 g/mol. The number of piperazine rings is 1. The maximum absolute atomic E-state index is 12.6. The molecule has 0 aliphatic carbocycles. The zero-order chi connectivity index (χ0) is 17.3. The molecule has 1 aliphatic heterocycles. The van der Waals surface area contributed by atoms with Crippen LogP contribution in [0.1, 0.15) is 15.9 Å². The highest BCUT2D eigenvalue weighted by atomic mass is 16.6. The number of imidazole rings is 1. The van der Waals surface area contributed by atoms with E-state index in [1.54, 1.807) is 30.2 Å². The van der Waals surface area contributed by atoms with E-state index in [0.29, 0.717) is 37.3 Å². The van der Waals surface area contributed by atoms with Crippen LogP contribution >= 0.6 is 0 Å². The molecule has 2 heterocycles. The number of hydrogen-bond donors (Lipinski definition) is 0. The van der Waals surface area contributed by atoms with Crippen LogP contribution in [0.15, 0.2) is 30.6 Å². The maximum atomic E-state index is 12.6. The lowest BCUT2D eigenvalue weighted by Gasteiger charge is -2.35. The van der Waals surface area contributed by atoms with Gasteiger partial charge in [-0.15, -0.1) is 0 Å². The van der Waals surface area contributed by atoms with E-state index < -0.39 is 4.92 Å². The van der Waals surface area contributed by atoms with Gasteiger partial charge in [0, 0.05) is 62.8 Å². The first-order chi connectivity index (χ1) is 11.5. The Morgan fingerprint density at radius 3 is 2.54 bits per heavy atom. The van der Waals surface area contributed by atoms with E-state index in [1.807, 2.05) is 17.8 Å². The van der Waals surface area contributed by atoms with Gasteiger partial charge >= 0.3 is 0 Å². The molecule has 8 heteroatoms. The summed E-state index contributed by atoms with van der Waals surface area (Å²) in [5.41, 5.74) is 0.890. The average Bonchev–Trinajstić information content (AvgIpc) is 3.00. The molecule has 0 N–H and O–H groups in total. The fourth-order valence-corrected chi connectivity index (χ4v) is 2.89. The van der Waals surface area contributed by atoms with Gasteiger partial charge in [0.25, 0.3) is 11.6 Å². The zero-order valence-electron chi connectivity index (χ0n) is 13.7. The van der Waals surface area contributed by atoms with Gasteiger partial charge in [-0.3, -0.25) is 14.9 Å². The van der Waals surface area contributed by atoms with Gasteiger partial charge in [0.05, 0.1) is 4.92 Å². The molecule has 1 saturated heterocycles. The summed E-state index contributed by atoms with van der Waals surface area (Å²) < 4.78 is 1.95. The molecular weight excluding hydrogens is 310 g/mol. The van der Waals surface area contributed by atoms with Crippen molar-refractivity contribution in [2.75, 3.05) is 31.1 Å². The van der Waals surface area contributed by atoms with Crippen molar-refractivity contribution in [1.82, 2.24) is 14.5 Å². The number of aryl methyl sites for hydroxylation is 2. The topological polar surface area (TPSA) is 84.5 Å². The fourth-order valence-electron chi connectivity index (χ4n) is 2.89. The van der Waals surface area contributed by atoms with E-state index in [4.69, 9.17) is 0 Å². The smallest absolute Gasteiger partial charge is 0.273 e. The summed E-state index contributed by atoms with van der Waals surface area (Å²) >= 11 is 0. The molecule has 2 aromatic rings. The molecule has 1 aliphatic rings. The van der Waals surface area contributed by atoms with Gasteiger partial charge in [0.1, 0.15) is 0 Å². The van der Waals surface area contributed by atoms with Crippen LogP contribution in [0.2, 0.25) is 0 Å². The molecule has 3 rings (SSSR count). The number of hydrogen-bond acceptors (Lipinski definition) is 5. The molecule has 24 heavy (non-hydrogen) atoms. The number of nitrogens with zero attached hydrogens (tertiary/aromatic N) is 5. The summed E-state index contributed by atoms with van der Waals surface area (Å²) in [4.78, 5) is 31.4. The second-order valence-electron chi connectivity index (χ2n) is 5.88. The Labute approximate surface area is 139 Å². The van der Waals surface area contributed by atoms with Gasteiger partial charge in [0.15, 0.2) is 0 Å². The highest BCUT2D eigenvalue weighted by Crippen LogP contribution is 2.21. The van der Waals surface area contributed by atoms with Gasteiger partial charge < -0.3 is 14.4 Å². The largest absolute Gasteiger partial charge is 0.339 e. The molecule has 126 valence electrons. The molecule has 8 nitrogen and oxygen atoms in total. The lowest BCUT2D eigenvalue weighted by atomic mass is 10.1. The monoisotopic (exact) mass is 329 g/mol. The lowest BCUT2D eigenvalue weighted by molar-refractivity contribution is -0.385. The zero-order valence-corrected chi connectivity index (χ0v) is 13.7. The van der Waals surface area contributed by atoms with Crippen LogP contribution < -0.4 is 4.90 Å². The molecule has 0 radical (unpaired) electrons. The Morgan fingerprint density at radius 2 is 1.96 bits per heavy atom. The third kappa shape index (κ3) is 2.94. The Morgan fingerprint density at radius 1 is 1.25 bits per heavy atom. The van der Waals surface area contributed by atoms with Crippen molar-refractivity contribution in [3.05, 3.63) is 51.8 Å². The van der Waals surface area contributed by atoms with Crippen LogP contribution in [0.25, 0.3) is 0 Å². The van der Waals surface area contributed by atoms with Crippen LogP contribution in [-0.4, -0.2) is 51.5 Å². The van der Waals surface area contributed by atoms with Crippen LogP contribution in [0, 0.1) is 17.0 Å². The van der Waals surface area contributed by atoms with Crippen molar-refractivity contribution < 1.29 is 9.72 Å². The number of nitro groups is 1. The minimum atomic E-state index is -0.453. The van der Waals surface area contributed by atoms with E-state index in [2.05, 4.69) is 9.88 Å². The highest BCUT2D eigenvalue weighted by molar-refractivity contribution is 5.95. The predicted molar refractivity (Wildman–Crippen MR) is 89.2 cm³/mol. The molecule has 0 unspecified atom stereocenters. The van der Waals surface area contributed by atoms with E-state index >= 15 is 0 Å². The number of amides is 1. The van der Waals surface area contributed by atoms with Crippen molar-refractivity contribution in [2.45, 2.75) is 6.92 Å². The summed E-state index contributed by atoms with van der Waals surface area (Å²) in [6.07, 6.45) is 3.64. The number of nitro benzene ring substituents is 1. The first kappa shape index (κ1) is 16.0. The minimum Gasteiger partial charge on any atom is -0.339 e. The maximum Gasteiger partial charge on any atom is 0.273 e. The fraction of sp³-hybridized carbons (Fsp3) is 0.375. The molecule has 1 fully saturated rings. The Balaban J connectivity index is 1.70. The Kier molecular flexibility index (Phi) is 4.20. The van der Waals surface area contributed by atoms with Gasteiger partial charge in [-0.1, -0.05) is 6.07 Å². The second-order valence-corrected chi connectivity index (χ2v) is 5.88. The van der Waals surface area contributed by atoms with Crippen molar-refractivity contribution in [3.63, 3.8) is 0 Å². The molecule has 1 amide bonds. The minimum absolute atomic E-state index is 0.0208. The standard InChI is InChI=1S/C16H19N5O3/c1-12-3-4-13(11-14(12)21(23)24)15(22)19-7-9-20(10-8-19)16-17-5-6-18(16)2/h3-6,11H,7-10H2,1-2H3. The Hall–Kier alpha value is -2.90. The van der Waals surface area contributed by atoms with Crippen molar-refractivity contribution in [1.29, 1.82) is 0 Å². The SMILES string of the molecule is Cc1ccc(C(=O)N2CCN(c3nccn3C)CC2)cc1[N+](=O)[O-].